The molecular weight excluding hydrogens is 368 g/mol. The summed E-state index contributed by atoms with van der Waals surface area (Å²) in [5.41, 5.74) is 0.928. The number of rotatable bonds is 9. The first kappa shape index (κ1) is 20.4. The minimum atomic E-state index is 0.633. The molecule has 1 unspecified atom stereocenters. The number of benzene rings is 1. The van der Waals surface area contributed by atoms with Gasteiger partial charge in [-0.25, -0.2) is 4.98 Å². The van der Waals surface area contributed by atoms with E-state index in [0.29, 0.717) is 12.5 Å². The van der Waals surface area contributed by atoms with Crippen LogP contribution in [0.4, 0.5) is 5.69 Å². The van der Waals surface area contributed by atoms with Crippen molar-refractivity contribution in [1.29, 1.82) is 0 Å². The van der Waals surface area contributed by atoms with E-state index in [0.717, 1.165) is 49.0 Å². The van der Waals surface area contributed by atoms with Gasteiger partial charge < -0.3 is 19.5 Å². The van der Waals surface area contributed by atoms with Crippen LogP contribution in [0, 0.1) is 5.92 Å². The Hall–Kier alpha value is -2.34. The van der Waals surface area contributed by atoms with E-state index >= 15 is 0 Å². The fourth-order valence-electron chi connectivity index (χ4n) is 3.52. The third-order valence-corrected chi connectivity index (χ3v) is 5.34. The SMILES string of the molecule is CCOc1ccccc1NC(=S)N(CCCn1ccnc1)CC1CC=CCC1. The fourth-order valence-corrected chi connectivity index (χ4v) is 3.79. The van der Waals surface area contributed by atoms with Gasteiger partial charge in [-0.3, -0.25) is 0 Å². The molecule has 0 aliphatic heterocycles. The molecule has 0 amide bonds. The third-order valence-electron chi connectivity index (χ3n) is 4.98. The molecule has 1 atom stereocenters. The van der Waals surface area contributed by atoms with Gasteiger partial charge >= 0.3 is 0 Å². The first-order chi connectivity index (χ1) is 13.8. The lowest BCUT2D eigenvalue weighted by molar-refractivity contribution is 0.315. The molecule has 1 N–H and O–H groups in total. The van der Waals surface area contributed by atoms with E-state index in [9.17, 15) is 0 Å². The number of anilines is 1. The van der Waals surface area contributed by atoms with Crippen molar-refractivity contribution >= 4 is 23.0 Å². The molecule has 150 valence electrons. The lowest BCUT2D eigenvalue weighted by atomic mass is 9.94. The highest BCUT2D eigenvalue weighted by molar-refractivity contribution is 7.80. The zero-order chi connectivity index (χ0) is 19.6. The van der Waals surface area contributed by atoms with Gasteiger partial charge in [0.15, 0.2) is 5.11 Å². The summed E-state index contributed by atoms with van der Waals surface area (Å²) in [5, 5.41) is 4.19. The summed E-state index contributed by atoms with van der Waals surface area (Å²) < 4.78 is 7.85. The third kappa shape index (κ3) is 6.09. The van der Waals surface area contributed by atoms with Gasteiger partial charge in [0.05, 0.1) is 18.6 Å². The number of aryl methyl sites for hydroxylation is 1. The van der Waals surface area contributed by atoms with Gasteiger partial charge in [-0.1, -0.05) is 24.3 Å². The number of ether oxygens (including phenoxy) is 1. The van der Waals surface area contributed by atoms with Gasteiger partial charge in [-0.05, 0) is 62.9 Å². The maximum atomic E-state index is 5.81. The van der Waals surface area contributed by atoms with Crippen molar-refractivity contribution < 1.29 is 4.74 Å². The molecule has 0 spiro atoms. The van der Waals surface area contributed by atoms with Crippen molar-refractivity contribution in [3.8, 4) is 5.75 Å². The molecule has 2 aromatic rings. The van der Waals surface area contributed by atoms with Crippen LogP contribution >= 0.6 is 12.2 Å². The topological polar surface area (TPSA) is 42.3 Å². The fraction of sp³-hybridized carbons (Fsp3) is 0.455. The number of nitrogens with zero attached hydrogens (tertiary/aromatic N) is 3. The van der Waals surface area contributed by atoms with Gasteiger partial charge in [0.2, 0.25) is 0 Å². The second-order valence-corrected chi connectivity index (χ2v) is 7.50. The van der Waals surface area contributed by atoms with Gasteiger partial charge in [0.25, 0.3) is 0 Å². The molecule has 6 heteroatoms. The normalized spacial score (nSPS) is 16.0. The first-order valence-corrected chi connectivity index (χ1v) is 10.6. The predicted octanol–water partition coefficient (Wildman–Crippen LogP) is 4.73. The van der Waals surface area contributed by atoms with Crippen LogP contribution in [0.2, 0.25) is 0 Å². The Labute approximate surface area is 173 Å². The first-order valence-electron chi connectivity index (χ1n) is 10.1. The van der Waals surface area contributed by atoms with Crippen molar-refractivity contribution in [3.63, 3.8) is 0 Å². The average molecular weight is 399 g/mol. The molecule has 1 aromatic heterocycles. The van der Waals surface area contributed by atoms with Crippen molar-refractivity contribution in [2.45, 2.75) is 39.2 Å². The van der Waals surface area contributed by atoms with Crippen LogP contribution in [0.25, 0.3) is 0 Å². The Bertz CT molecular complexity index is 760. The maximum absolute atomic E-state index is 5.81. The van der Waals surface area contributed by atoms with Crippen LogP contribution in [-0.4, -0.2) is 39.3 Å². The summed E-state index contributed by atoms with van der Waals surface area (Å²) in [6.45, 7) is 5.47. The number of allylic oxidation sites excluding steroid dienone is 2. The van der Waals surface area contributed by atoms with E-state index in [1.54, 1.807) is 0 Å². The number of aromatic nitrogens is 2. The Morgan fingerprint density at radius 3 is 3.00 bits per heavy atom. The van der Waals surface area contributed by atoms with E-state index in [4.69, 9.17) is 17.0 Å². The number of thiocarbonyl (C=S) groups is 1. The second-order valence-electron chi connectivity index (χ2n) is 7.11. The Kier molecular flexibility index (Phi) is 7.91. The predicted molar refractivity (Wildman–Crippen MR) is 119 cm³/mol. The van der Waals surface area contributed by atoms with Crippen LogP contribution in [-0.2, 0) is 6.54 Å². The maximum Gasteiger partial charge on any atom is 0.173 e. The smallest absolute Gasteiger partial charge is 0.173 e. The van der Waals surface area contributed by atoms with Gasteiger partial charge in [-0.15, -0.1) is 0 Å². The molecule has 0 fully saturated rings. The van der Waals surface area contributed by atoms with Crippen LogP contribution < -0.4 is 10.1 Å². The molecule has 1 aliphatic carbocycles. The molecule has 28 heavy (non-hydrogen) atoms. The highest BCUT2D eigenvalue weighted by atomic mass is 32.1. The van der Waals surface area contributed by atoms with Gasteiger partial charge in [-0.2, -0.15) is 0 Å². The average Bonchev–Trinajstić information content (AvgIpc) is 3.23. The summed E-state index contributed by atoms with van der Waals surface area (Å²) in [4.78, 5) is 6.44. The monoisotopic (exact) mass is 398 g/mol. The quantitative estimate of drug-likeness (QED) is 0.489. The number of nitrogens with one attached hydrogen (secondary N) is 1. The number of para-hydroxylation sites is 2. The Morgan fingerprint density at radius 1 is 1.36 bits per heavy atom. The number of hydrogen-bond donors (Lipinski definition) is 1. The molecule has 1 aliphatic rings. The molecule has 0 radical (unpaired) electrons. The van der Waals surface area contributed by atoms with Crippen LogP contribution in [0.3, 0.4) is 0 Å². The molecular formula is C22H30N4OS. The lowest BCUT2D eigenvalue weighted by Gasteiger charge is -2.31. The molecule has 0 saturated heterocycles. The Balaban J connectivity index is 1.63. The summed E-state index contributed by atoms with van der Waals surface area (Å²) in [6.07, 6.45) is 14.8. The van der Waals surface area contributed by atoms with Gasteiger partial charge in [0.1, 0.15) is 5.75 Å². The highest BCUT2D eigenvalue weighted by Crippen LogP contribution is 2.25. The number of hydrogen-bond acceptors (Lipinski definition) is 3. The lowest BCUT2D eigenvalue weighted by Crippen LogP contribution is -2.39. The Morgan fingerprint density at radius 2 is 2.25 bits per heavy atom. The van der Waals surface area contributed by atoms with E-state index in [1.165, 1.54) is 12.8 Å². The van der Waals surface area contributed by atoms with Crippen molar-refractivity contribution in [2.24, 2.45) is 5.92 Å². The van der Waals surface area contributed by atoms with Crippen LogP contribution in [0.5, 0.6) is 5.75 Å². The van der Waals surface area contributed by atoms with Crippen LogP contribution in [0.1, 0.15) is 32.6 Å². The molecule has 0 saturated carbocycles. The molecule has 0 bridgehead atoms. The van der Waals surface area contributed by atoms with Crippen molar-refractivity contribution in [2.75, 3.05) is 25.0 Å². The molecule has 1 aromatic carbocycles. The van der Waals surface area contributed by atoms with Crippen LogP contribution in [0.15, 0.2) is 55.1 Å². The summed E-state index contributed by atoms with van der Waals surface area (Å²) in [5.74, 6) is 1.49. The standard InChI is InChI=1S/C22H30N4OS/c1-2-27-21-12-7-6-11-20(21)24-22(28)26(17-19-9-4-3-5-10-19)15-8-14-25-16-13-23-18-25/h3-4,6-7,11-13,16,18-19H,2,5,8-10,14-15,17H2,1H3,(H,24,28). The minimum Gasteiger partial charge on any atom is -0.492 e. The van der Waals surface area contributed by atoms with Crippen molar-refractivity contribution in [1.82, 2.24) is 14.5 Å². The number of imidazole rings is 1. The summed E-state index contributed by atoms with van der Waals surface area (Å²) in [7, 11) is 0. The van der Waals surface area contributed by atoms with E-state index in [-0.39, 0.29) is 0 Å². The molecule has 1 heterocycles. The summed E-state index contributed by atoms with van der Waals surface area (Å²) >= 11 is 5.81. The zero-order valence-electron chi connectivity index (χ0n) is 16.6. The zero-order valence-corrected chi connectivity index (χ0v) is 17.4. The summed E-state index contributed by atoms with van der Waals surface area (Å²) in [6, 6.07) is 7.98. The second kappa shape index (κ2) is 10.9. The largest absolute Gasteiger partial charge is 0.492 e. The van der Waals surface area contributed by atoms with E-state index < -0.39 is 0 Å². The van der Waals surface area contributed by atoms with E-state index in [1.807, 2.05) is 49.9 Å². The minimum absolute atomic E-state index is 0.633. The van der Waals surface area contributed by atoms with Crippen molar-refractivity contribution in [3.05, 3.63) is 55.1 Å². The van der Waals surface area contributed by atoms with E-state index in [2.05, 4.69) is 31.9 Å². The molecule has 5 nitrogen and oxygen atoms in total. The van der Waals surface area contributed by atoms with Gasteiger partial charge in [0, 0.05) is 32.0 Å². The highest BCUT2D eigenvalue weighted by Gasteiger charge is 2.18. The molecule has 3 rings (SSSR count).